The van der Waals surface area contributed by atoms with E-state index in [1.807, 2.05) is 0 Å². The zero-order chi connectivity index (χ0) is 18.5. The first-order valence-electron chi connectivity index (χ1n) is 8.03. The molecule has 3 N–H and O–H groups in total. The fraction of sp³-hybridized carbons (Fsp3) is 0.867. The minimum Gasteiger partial charge on any atom is -0.352 e. The summed E-state index contributed by atoms with van der Waals surface area (Å²) in [6, 6.07) is -2.62. The van der Waals surface area contributed by atoms with E-state index in [2.05, 4.69) is 16.0 Å². The number of hydrogen-bond acceptors (Lipinski definition) is 4. The first kappa shape index (κ1) is 20.7. The molecule has 0 aromatic heterocycles. The number of halogens is 3. The molecule has 0 aliphatic carbocycles. The Balaban J connectivity index is 2.59. The Labute approximate surface area is 140 Å². The second-order valence-electron chi connectivity index (χ2n) is 7.03. The van der Waals surface area contributed by atoms with Gasteiger partial charge in [0.25, 0.3) is 0 Å². The summed E-state index contributed by atoms with van der Waals surface area (Å²) in [5.41, 5.74) is -0.677. The molecule has 1 aliphatic heterocycles. The molecule has 0 saturated carbocycles. The van der Waals surface area contributed by atoms with Crippen molar-refractivity contribution < 1.29 is 22.8 Å². The van der Waals surface area contributed by atoms with E-state index in [-0.39, 0.29) is 19.0 Å². The van der Waals surface area contributed by atoms with Crippen LogP contribution in [0, 0.1) is 5.41 Å². The van der Waals surface area contributed by atoms with E-state index in [4.69, 9.17) is 0 Å². The summed E-state index contributed by atoms with van der Waals surface area (Å²) in [5.74, 6) is -0.961. The number of rotatable bonds is 5. The Bertz CT molecular complexity index is 443. The van der Waals surface area contributed by atoms with Crippen LogP contribution in [-0.4, -0.2) is 67.7 Å². The van der Waals surface area contributed by atoms with Gasteiger partial charge in [0.15, 0.2) is 0 Å². The van der Waals surface area contributed by atoms with Gasteiger partial charge in [-0.2, -0.15) is 13.2 Å². The van der Waals surface area contributed by atoms with Crippen LogP contribution in [0.25, 0.3) is 0 Å². The van der Waals surface area contributed by atoms with E-state index in [1.54, 1.807) is 20.8 Å². The molecule has 2 amide bonds. The molecule has 140 valence electrons. The van der Waals surface area contributed by atoms with Gasteiger partial charge in [-0.25, -0.2) is 0 Å². The lowest BCUT2D eigenvalue weighted by atomic mass is 9.95. The third-order valence-corrected chi connectivity index (χ3v) is 3.86. The molecule has 2 unspecified atom stereocenters. The van der Waals surface area contributed by atoms with Gasteiger partial charge in [0.2, 0.25) is 11.8 Å². The van der Waals surface area contributed by atoms with Crippen molar-refractivity contribution in [2.24, 2.45) is 5.41 Å². The third kappa shape index (κ3) is 6.27. The summed E-state index contributed by atoms with van der Waals surface area (Å²) in [7, 11) is 0. The Morgan fingerprint density at radius 1 is 1.17 bits per heavy atom. The van der Waals surface area contributed by atoms with E-state index in [9.17, 15) is 22.8 Å². The van der Waals surface area contributed by atoms with E-state index in [0.717, 1.165) is 0 Å². The van der Waals surface area contributed by atoms with Gasteiger partial charge >= 0.3 is 6.18 Å². The second kappa shape index (κ2) is 8.15. The number of nitrogens with zero attached hydrogens (tertiary/aromatic N) is 1. The highest BCUT2D eigenvalue weighted by Gasteiger charge is 2.44. The van der Waals surface area contributed by atoms with Crippen LogP contribution in [-0.2, 0) is 9.59 Å². The van der Waals surface area contributed by atoms with Gasteiger partial charge in [-0.15, -0.1) is 0 Å². The number of amides is 2. The molecule has 1 fully saturated rings. The summed E-state index contributed by atoms with van der Waals surface area (Å²) < 4.78 is 39.7. The van der Waals surface area contributed by atoms with Gasteiger partial charge in [0.05, 0.1) is 0 Å². The lowest BCUT2D eigenvalue weighted by Crippen LogP contribution is -2.58. The van der Waals surface area contributed by atoms with Crippen molar-refractivity contribution in [2.45, 2.75) is 46.0 Å². The lowest BCUT2D eigenvalue weighted by Gasteiger charge is -2.36. The zero-order valence-electron chi connectivity index (χ0n) is 14.6. The highest BCUT2D eigenvalue weighted by molar-refractivity contribution is 5.89. The van der Waals surface area contributed by atoms with Crippen LogP contribution in [0.2, 0.25) is 0 Å². The van der Waals surface area contributed by atoms with Gasteiger partial charge < -0.3 is 16.0 Å². The topological polar surface area (TPSA) is 73.5 Å². The van der Waals surface area contributed by atoms with Crippen LogP contribution >= 0.6 is 0 Å². The zero-order valence-corrected chi connectivity index (χ0v) is 14.6. The van der Waals surface area contributed by atoms with Crippen molar-refractivity contribution in [3.8, 4) is 0 Å². The molecule has 0 aromatic carbocycles. The molecule has 1 rings (SSSR count). The average Bonchev–Trinajstić information content (AvgIpc) is 2.45. The predicted molar refractivity (Wildman–Crippen MR) is 84.4 cm³/mol. The molecule has 6 nitrogen and oxygen atoms in total. The van der Waals surface area contributed by atoms with Crippen molar-refractivity contribution in [1.82, 2.24) is 20.9 Å². The second-order valence-corrected chi connectivity index (χ2v) is 7.03. The van der Waals surface area contributed by atoms with Gasteiger partial charge in [0.1, 0.15) is 12.1 Å². The van der Waals surface area contributed by atoms with Crippen molar-refractivity contribution in [3.05, 3.63) is 0 Å². The molecule has 1 heterocycles. The maximum absolute atomic E-state index is 13.2. The normalized spacial score (nSPS) is 19.5. The van der Waals surface area contributed by atoms with Crippen molar-refractivity contribution >= 4 is 11.8 Å². The van der Waals surface area contributed by atoms with Crippen LogP contribution in [0.5, 0.6) is 0 Å². The predicted octanol–water partition coefficient (Wildman–Crippen LogP) is 0.490. The van der Waals surface area contributed by atoms with Crippen molar-refractivity contribution in [3.63, 3.8) is 0 Å². The number of carbonyl (C=O) groups is 2. The van der Waals surface area contributed by atoms with Gasteiger partial charge in [0, 0.05) is 38.1 Å². The molecule has 9 heteroatoms. The fourth-order valence-corrected chi connectivity index (χ4v) is 2.27. The molecule has 0 bridgehead atoms. The molecule has 0 aromatic rings. The molecule has 24 heavy (non-hydrogen) atoms. The summed E-state index contributed by atoms with van der Waals surface area (Å²) in [4.78, 5) is 25.1. The summed E-state index contributed by atoms with van der Waals surface area (Å²) in [6.07, 6.45) is -4.43. The SMILES string of the molecule is CC(NC(=O)C(C)(C)C)C(=O)NCC(N1CCNCC1)C(F)(F)F. The quantitative estimate of drug-likeness (QED) is 0.673. The number of nitrogens with one attached hydrogen (secondary N) is 3. The van der Waals surface area contributed by atoms with Crippen LogP contribution in [0.15, 0.2) is 0 Å². The van der Waals surface area contributed by atoms with Gasteiger partial charge in [-0.05, 0) is 6.92 Å². The molecule has 2 atom stereocenters. The maximum Gasteiger partial charge on any atom is 0.405 e. The third-order valence-electron chi connectivity index (χ3n) is 3.86. The van der Waals surface area contributed by atoms with Crippen LogP contribution < -0.4 is 16.0 Å². The van der Waals surface area contributed by atoms with Gasteiger partial charge in [-0.3, -0.25) is 14.5 Å². The summed E-state index contributed by atoms with van der Waals surface area (Å²) in [6.45, 7) is 7.51. The lowest BCUT2D eigenvalue weighted by molar-refractivity contribution is -0.184. The summed E-state index contributed by atoms with van der Waals surface area (Å²) >= 11 is 0. The average molecular weight is 352 g/mol. The van der Waals surface area contributed by atoms with E-state index >= 15 is 0 Å². The van der Waals surface area contributed by atoms with Gasteiger partial charge in [-0.1, -0.05) is 20.8 Å². The highest BCUT2D eigenvalue weighted by Crippen LogP contribution is 2.24. The number of piperazine rings is 1. The summed E-state index contributed by atoms with van der Waals surface area (Å²) in [5, 5.41) is 7.81. The van der Waals surface area contributed by atoms with Crippen LogP contribution in [0.3, 0.4) is 0 Å². The van der Waals surface area contributed by atoms with E-state index in [1.165, 1.54) is 11.8 Å². The number of hydrogen-bond donors (Lipinski definition) is 3. The smallest absolute Gasteiger partial charge is 0.352 e. The molecular weight excluding hydrogens is 325 g/mol. The maximum atomic E-state index is 13.2. The number of carbonyl (C=O) groups excluding carboxylic acids is 2. The van der Waals surface area contributed by atoms with Crippen molar-refractivity contribution in [2.75, 3.05) is 32.7 Å². The molecule has 0 radical (unpaired) electrons. The minimum atomic E-state index is -4.43. The fourth-order valence-electron chi connectivity index (χ4n) is 2.27. The Morgan fingerprint density at radius 3 is 2.17 bits per heavy atom. The first-order chi connectivity index (χ1) is 10.9. The van der Waals surface area contributed by atoms with Crippen LogP contribution in [0.1, 0.15) is 27.7 Å². The largest absolute Gasteiger partial charge is 0.405 e. The number of alkyl halides is 3. The standard InChI is InChI=1S/C15H27F3N4O2/c1-10(21-13(24)14(2,3)4)12(23)20-9-11(15(16,17)18)22-7-5-19-6-8-22/h10-11,19H,5-9H2,1-4H3,(H,20,23)(H,21,24). The Kier molecular flexibility index (Phi) is 7.03. The molecule has 1 aliphatic rings. The Hall–Kier alpha value is -1.35. The molecular formula is C15H27F3N4O2. The molecule has 0 spiro atoms. The monoisotopic (exact) mass is 352 g/mol. The van der Waals surface area contributed by atoms with E-state index in [0.29, 0.717) is 13.1 Å². The highest BCUT2D eigenvalue weighted by atomic mass is 19.4. The van der Waals surface area contributed by atoms with E-state index < -0.39 is 36.1 Å². The Morgan fingerprint density at radius 2 is 1.71 bits per heavy atom. The first-order valence-corrected chi connectivity index (χ1v) is 8.03. The minimum absolute atomic E-state index is 0.274. The van der Waals surface area contributed by atoms with Crippen LogP contribution in [0.4, 0.5) is 13.2 Å². The molecule has 1 saturated heterocycles. The van der Waals surface area contributed by atoms with Crippen molar-refractivity contribution in [1.29, 1.82) is 0 Å².